The second-order valence-corrected chi connectivity index (χ2v) is 3.94. The lowest BCUT2D eigenvalue weighted by Gasteiger charge is -2.14. The van der Waals surface area contributed by atoms with Crippen molar-refractivity contribution in [3.63, 3.8) is 0 Å². The fraction of sp³-hybridized carbons (Fsp3) is 0.273. The molecule has 0 saturated heterocycles. The molecule has 0 amide bonds. The summed E-state index contributed by atoms with van der Waals surface area (Å²) in [5.74, 6) is -0.225. The van der Waals surface area contributed by atoms with Crippen molar-refractivity contribution in [2.75, 3.05) is 6.54 Å². The van der Waals surface area contributed by atoms with E-state index in [-0.39, 0.29) is 11.9 Å². The lowest BCUT2D eigenvalue weighted by molar-refractivity contribution is 0.603. The first kappa shape index (κ1) is 11.4. The monoisotopic (exact) mass is 257 g/mol. The second kappa shape index (κ2) is 5.27. The third kappa shape index (κ3) is 2.93. The van der Waals surface area contributed by atoms with Crippen molar-refractivity contribution < 1.29 is 4.39 Å². The molecule has 14 heavy (non-hydrogen) atoms. The Hall–Kier alpha value is -0.670. The summed E-state index contributed by atoms with van der Waals surface area (Å²) < 4.78 is 13.6. The number of hydrogen-bond acceptors (Lipinski definition) is 1. The van der Waals surface area contributed by atoms with Crippen LogP contribution in [-0.2, 0) is 0 Å². The fourth-order valence-corrected chi connectivity index (χ4v) is 1.92. The summed E-state index contributed by atoms with van der Waals surface area (Å²) in [5, 5.41) is 3.24. The molecular weight excluding hydrogens is 245 g/mol. The Balaban J connectivity index is 2.78. The molecule has 1 atom stereocenters. The number of benzene rings is 1. The molecule has 1 unspecified atom stereocenters. The minimum Gasteiger partial charge on any atom is -0.307 e. The van der Waals surface area contributed by atoms with Crippen LogP contribution in [0.25, 0.3) is 0 Å². The normalized spacial score (nSPS) is 12.5. The minimum atomic E-state index is -0.225. The molecule has 0 aliphatic rings. The molecule has 1 aromatic rings. The van der Waals surface area contributed by atoms with Crippen LogP contribution in [0.3, 0.4) is 0 Å². The summed E-state index contributed by atoms with van der Waals surface area (Å²) in [4.78, 5) is 0. The number of rotatable bonds is 4. The highest BCUT2D eigenvalue weighted by Gasteiger charge is 2.08. The maximum atomic E-state index is 12.8. The van der Waals surface area contributed by atoms with E-state index in [0.717, 1.165) is 16.6 Å². The first-order valence-corrected chi connectivity index (χ1v) is 5.23. The Kier molecular flexibility index (Phi) is 4.29. The van der Waals surface area contributed by atoms with Gasteiger partial charge in [-0.1, -0.05) is 28.1 Å². The smallest absolute Gasteiger partial charge is 0.124 e. The molecule has 0 heterocycles. The highest BCUT2D eigenvalue weighted by atomic mass is 79.9. The van der Waals surface area contributed by atoms with E-state index < -0.39 is 0 Å². The van der Waals surface area contributed by atoms with Crippen molar-refractivity contribution in [3.8, 4) is 0 Å². The standard InChI is InChI=1S/C11H13BrFN/c1-3-6-14-8(2)10-5-4-9(13)7-11(10)12/h3-5,7-8,14H,1,6H2,2H3. The molecule has 1 aromatic carbocycles. The first-order chi connectivity index (χ1) is 6.65. The largest absolute Gasteiger partial charge is 0.307 e. The zero-order valence-electron chi connectivity index (χ0n) is 8.06. The van der Waals surface area contributed by atoms with E-state index >= 15 is 0 Å². The van der Waals surface area contributed by atoms with Gasteiger partial charge in [0, 0.05) is 17.1 Å². The quantitative estimate of drug-likeness (QED) is 0.816. The van der Waals surface area contributed by atoms with Gasteiger partial charge < -0.3 is 5.32 Å². The van der Waals surface area contributed by atoms with Crippen LogP contribution in [0.2, 0.25) is 0 Å². The van der Waals surface area contributed by atoms with Gasteiger partial charge in [-0.3, -0.25) is 0 Å². The molecule has 1 N–H and O–H groups in total. The lowest BCUT2D eigenvalue weighted by Crippen LogP contribution is -2.18. The van der Waals surface area contributed by atoms with Crippen LogP contribution >= 0.6 is 15.9 Å². The predicted octanol–water partition coefficient (Wildman–Crippen LogP) is 3.42. The van der Waals surface area contributed by atoms with E-state index in [4.69, 9.17) is 0 Å². The van der Waals surface area contributed by atoms with Crippen LogP contribution in [0.1, 0.15) is 18.5 Å². The molecule has 76 valence electrons. The average molecular weight is 258 g/mol. The zero-order valence-corrected chi connectivity index (χ0v) is 9.64. The van der Waals surface area contributed by atoms with Crippen molar-refractivity contribution in [1.82, 2.24) is 5.32 Å². The highest BCUT2D eigenvalue weighted by molar-refractivity contribution is 9.10. The molecule has 0 aliphatic heterocycles. The van der Waals surface area contributed by atoms with Gasteiger partial charge in [0.05, 0.1) is 0 Å². The van der Waals surface area contributed by atoms with E-state index in [1.165, 1.54) is 12.1 Å². The Labute approximate surface area is 92.1 Å². The summed E-state index contributed by atoms with van der Waals surface area (Å²) >= 11 is 3.33. The van der Waals surface area contributed by atoms with Crippen LogP contribution in [0, 0.1) is 5.82 Å². The zero-order chi connectivity index (χ0) is 10.6. The van der Waals surface area contributed by atoms with Crippen LogP contribution in [-0.4, -0.2) is 6.54 Å². The van der Waals surface area contributed by atoms with Crippen LogP contribution in [0.5, 0.6) is 0 Å². The van der Waals surface area contributed by atoms with Crippen molar-refractivity contribution in [2.45, 2.75) is 13.0 Å². The third-order valence-electron chi connectivity index (χ3n) is 2.00. The minimum absolute atomic E-state index is 0.183. The summed E-state index contributed by atoms with van der Waals surface area (Å²) in [6.45, 7) is 6.40. The predicted molar refractivity (Wildman–Crippen MR) is 60.7 cm³/mol. The fourth-order valence-electron chi connectivity index (χ4n) is 1.22. The van der Waals surface area contributed by atoms with Gasteiger partial charge in [0.15, 0.2) is 0 Å². The Morgan fingerprint density at radius 1 is 1.64 bits per heavy atom. The molecule has 0 saturated carbocycles. The second-order valence-electron chi connectivity index (χ2n) is 3.08. The van der Waals surface area contributed by atoms with Crippen LogP contribution in [0.4, 0.5) is 4.39 Å². The molecular formula is C11H13BrFN. The molecule has 0 bridgehead atoms. The molecule has 3 heteroatoms. The van der Waals surface area contributed by atoms with Gasteiger partial charge in [0.1, 0.15) is 5.82 Å². The first-order valence-electron chi connectivity index (χ1n) is 4.44. The van der Waals surface area contributed by atoms with Gasteiger partial charge in [0.25, 0.3) is 0 Å². The van der Waals surface area contributed by atoms with E-state index in [9.17, 15) is 4.39 Å². The molecule has 0 radical (unpaired) electrons. The maximum Gasteiger partial charge on any atom is 0.124 e. The van der Waals surface area contributed by atoms with Crippen LogP contribution in [0.15, 0.2) is 35.3 Å². The Bertz CT molecular complexity index is 325. The van der Waals surface area contributed by atoms with E-state index in [1.54, 1.807) is 12.1 Å². The number of nitrogens with one attached hydrogen (secondary N) is 1. The Morgan fingerprint density at radius 3 is 2.93 bits per heavy atom. The summed E-state index contributed by atoms with van der Waals surface area (Å²) in [5.41, 5.74) is 1.05. The third-order valence-corrected chi connectivity index (χ3v) is 2.68. The van der Waals surface area contributed by atoms with Gasteiger partial charge in [-0.05, 0) is 24.6 Å². The molecule has 0 spiro atoms. The van der Waals surface area contributed by atoms with E-state index in [1.807, 2.05) is 6.92 Å². The van der Waals surface area contributed by atoms with Gasteiger partial charge >= 0.3 is 0 Å². The molecule has 1 rings (SSSR count). The van der Waals surface area contributed by atoms with E-state index in [2.05, 4.69) is 27.8 Å². The van der Waals surface area contributed by atoms with Gasteiger partial charge in [-0.25, -0.2) is 4.39 Å². The molecule has 0 aromatic heterocycles. The lowest BCUT2D eigenvalue weighted by atomic mass is 10.1. The molecule has 0 aliphatic carbocycles. The van der Waals surface area contributed by atoms with Gasteiger partial charge in [0.2, 0.25) is 0 Å². The topological polar surface area (TPSA) is 12.0 Å². The summed E-state index contributed by atoms with van der Waals surface area (Å²) in [6.07, 6.45) is 1.80. The van der Waals surface area contributed by atoms with Crippen LogP contribution < -0.4 is 5.32 Å². The van der Waals surface area contributed by atoms with Gasteiger partial charge in [-0.2, -0.15) is 0 Å². The summed E-state index contributed by atoms with van der Waals surface area (Å²) in [6, 6.07) is 4.90. The average Bonchev–Trinajstić information content (AvgIpc) is 2.14. The van der Waals surface area contributed by atoms with Crippen molar-refractivity contribution >= 4 is 15.9 Å². The number of halogens is 2. The number of hydrogen-bond donors (Lipinski definition) is 1. The van der Waals surface area contributed by atoms with E-state index in [0.29, 0.717) is 0 Å². The molecule has 1 nitrogen and oxygen atoms in total. The van der Waals surface area contributed by atoms with Crippen molar-refractivity contribution in [3.05, 3.63) is 46.7 Å². The van der Waals surface area contributed by atoms with Crippen molar-refractivity contribution in [1.29, 1.82) is 0 Å². The SMILES string of the molecule is C=CCNC(C)c1ccc(F)cc1Br. The summed E-state index contributed by atoms with van der Waals surface area (Å²) in [7, 11) is 0. The van der Waals surface area contributed by atoms with Crippen molar-refractivity contribution in [2.24, 2.45) is 0 Å². The maximum absolute atomic E-state index is 12.8. The molecule has 0 fully saturated rings. The highest BCUT2D eigenvalue weighted by Crippen LogP contribution is 2.23. The Morgan fingerprint density at radius 2 is 2.36 bits per heavy atom. The van der Waals surface area contributed by atoms with Gasteiger partial charge in [-0.15, -0.1) is 6.58 Å².